The fourth-order valence-electron chi connectivity index (χ4n) is 2.49. The number of thioether (sulfide) groups is 1. The van der Waals surface area contributed by atoms with Crippen molar-refractivity contribution in [2.45, 2.75) is 38.4 Å². The summed E-state index contributed by atoms with van der Waals surface area (Å²) in [6.45, 7) is 3.77. The van der Waals surface area contributed by atoms with Gasteiger partial charge in [0.1, 0.15) is 0 Å². The van der Waals surface area contributed by atoms with E-state index in [2.05, 4.69) is 15.3 Å². The average molecular weight is 408 g/mol. The molecule has 144 valence electrons. The highest BCUT2D eigenvalue weighted by Crippen LogP contribution is 2.17. The molecule has 1 aromatic heterocycles. The third-order valence-corrected chi connectivity index (χ3v) is 4.88. The maximum absolute atomic E-state index is 11.9. The van der Waals surface area contributed by atoms with Crippen molar-refractivity contribution in [1.29, 1.82) is 0 Å². The summed E-state index contributed by atoms with van der Waals surface area (Å²) in [6.07, 6.45) is 2.57. The van der Waals surface area contributed by atoms with E-state index in [1.165, 1.54) is 11.8 Å². The number of aryl methyl sites for hydroxylation is 2. The van der Waals surface area contributed by atoms with Gasteiger partial charge in [0, 0.05) is 29.4 Å². The van der Waals surface area contributed by atoms with Crippen LogP contribution >= 0.6 is 23.4 Å². The fourth-order valence-corrected chi connectivity index (χ4v) is 3.15. The number of hydrogen-bond donors (Lipinski definition) is 1. The van der Waals surface area contributed by atoms with E-state index in [0.29, 0.717) is 16.6 Å². The van der Waals surface area contributed by atoms with Crippen molar-refractivity contribution in [3.05, 3.63) is 51.8 Å². The first-order valence-corrected chi connectivity index (χ1v) is 10.0. The second kappa shape index (κ2) is 10.3. The number of amides is 1. The maximum atomic E-state index is 11.9. The van der Waals surface area contributed by atoms with Gasteiger partial charge in [-0.3, -0.25) is 9.59 Å². The van der Waals surface area contributed by atoms with Gasteiger partial charge in [-0.05, 0) is 43.7 Å². The van der Waals surface area contributed by atoms with Crippen molar-refractivity contribution >= 4 is 35.2 Å². The quantitative estimate of drug-likeness (QED) is 0.411. The van der Waals surface area contributed by atoms with Gasteiger partial charge >= 0.3 is 5.97 Å². The molecular weight excluding hydrogens is 386 g/mol. The minimum atomic E-state index is -0.435. The molecule has 1 N–H and O–H groups in total. The van der Waals surface area contributed by atoms with Gasteiger partial charge in [-0.15, -0.1) is 0 Å². The topological polar surface area (TPSA) is 81.2 Å². The van der Waals surface area contributed by atoms with Crippen molar-refractivity contribution in [1.82, 2.24) is 15.3 Å². The molecule has 2 aromatic rings. The molecule has 0 aliphatic carbocycles. The Labute approximate surface area is 168 Å². The summed E-state index contributed by atoms with van der Waals surface area (Å²) in [6, 6.07) is 7.23. The summed E-state index contributed by atoms with van der Waals surface area (Å²) < 4.78 is 5.04. The van der Waals surface area contributed by atoms with Crippen LogP contribution in [0.15, 0.2) is 29.4 Å². The highest BCUT2D eigenvalue weighted by atomic mass is 35.5. The Morgan fingerprint density at radius 1 is 1.19 bits per heavy atom. The number of rotatable bonds is 8. The highest BCUT2D eigenvalue weighted by molar-refractivity contribution is 7.98. The molecule has 0 aliphatic rings. The number of nitrogens with one attached hydrogen (secondary N) is 1. The van der Waals surface area contributed by atoms with Crippen LogP contribution in [0.4, 0.5) is 0 Å². The van der Waals surface area contributed by atoms with E-state index in [1.54, 1.807) is 6.07 Å². The zero-order valence-electron chi connectivity index (χ0n) is 15.5. The van der Waals surface area contributed by atoms with Crippen LogP contribution in [0.3, 0.4) is 0 Å². The smallest absolute Gasteiger partial charge is 0.306 e. The van der Waals surface area contributed by atoms with Crippen molar-refractivity contribution in [2.75, 3.05) is 12.9 Å². The van der Waals surface area contributed by atoms with E-state index in [9.17, 15) is 9.59 Å². The Balaban J connectivity index is 1.76. The minimum Gasteiger partial charge on any atom is -0.456 e. The number of carbonyl (C=O) groups excluding carboxylic acids is 2. The molecule has 0 unspecified atom stereocenters. The van der Waals surface area contributed by atoms with Crippen LogP contribution in [0.25, 0.3) is 0 Å². The number of esters is 1. The molecule has 27 heavy (non-hydrogen) atoms. The van der Waals surface area contributed by atoms with E-state index in [4.69, 9.17) is 16.3 Å². The lowest BCUT2D eigenvalue weighted by atomic mass is 10.1. The third-order valence-electron chi connectivity index (χ3n) is 3.96. The zero-order valence-corrected chi connectivity index (χ0v) is 17.1. The largest absolute Gasteiger partial charge is 0.456 e. The van der Waals surface area contributed by atoms with Gasteiger partial charge in [-0.2, -0.15) is 0 Å². The van der Waals surface area contributed by atoms with Crippen LogP contribution in [0.2, 0.25) is 5.02 Å². The SMILES string of the molecule is CSc1nc(C)c(CCC(=O)OCC(=O)NCc2ccccc2Cl)c(C)n1. The van der Waals surface area contributed by atoms with Gasteiger partial charge in [0.05, 0.1) is 0 Å². The molecular formula is C19H22ClN3O3S. The van der Waals surface area contributed by atoms with Crippen molar-refractivity contribution in [3.63, 3.8) is 0 Å². The highest BCUT2D eigenvalue weighted by Gasteiger charge is 2.12. The summed E-state index contributed by atoms with van der Waals surface area (Å²) in [7, 11) is 0. The number of ether oxygens (including phenoxy) is 1. The maximum Gasteiger partial charge on any atom is 0.306 e. The first-order valence-electron chi connectivity index (χ1n) is 8.44. The Hall–Kier alpha value is -2.12. The average Bonchev–Trinajstić information content (AvgIpc) is 2.64. The molecule has 6 nitrogen and oxygen atoms in total. The van der Waals surface area contributed by atoms with Crippen molar-refractivity contribution in [3.8, 4) is 0 Å². The lowest BCUT2D eigenvalue weighted by Crippen LogP contribution is -2.28. The minimum absolute atomic E-state index is 0.168. The number of halogens is 1. The van der Waals surface area contributed by atoms with Crippen molar-refractivity contribution < 1.29 is 14.3 Å². The molecule has 0 radical (unpaired) electrons. The molecule has 0 saturated carbocycles. The Morgan fingerprint density at radius 3 is 2.48 bits per heavy atom. The van der Waals surface area contributed by atoms with Crippen LogP contribution in [0, 0.1) is 13.8 Å². The monoisotopic (exact) mass is 407 g/mol. The van der Waals surface area contributed by atoms with Gasteiger partial charge in [-0.1, -0.05) is 41.6 Å². The van der Waals surface area contributed by atoms with Crippen molar-refractivity contribution in [2.24, 2.45) is 0 Å². The lowest BCUT2D eigenvalue weighted by Gasteiger charge is -2.10. The molecule has 1 heterocycles. The van der Waals surface area contributed by atoms with Gasteiger partial charge in [0.15, 0.2) is 11.8 Å². The van der Waals surface area contributed by atoms with Crippen LogP contribution in [-0.4, -0.2) is 34.7 Å². The number of aromatic nitrogens is 2. The number of carbonyl (C=O) groups is 2. The van der Waals surface area contributed by atoms with E-state index in [-0.39, 0.29) is 25.5 Å². The van der Waals surface area contributed by atoms with Gasteiger partial charge in [0.25, 0.3) is 5.91 Å². The summed E-state index contributed by atoms with van der Waals surface area (Å²) in [5, 5.41) is 3.97. The van der Waals surface area contributed by atoms with Crippen LogP contribution in [-0.2, 0) is 27.3 Å². The second-order valence-corrected chi connectivity index (χ2v) is 7.07. The lowest BCUT2D eigenvalue weighted by molar-refractivity contribution is -0.148. The van der Waals surface area contributed by atoms with Gasteiger partial charge < -0.3 is 10.1 Å². The van der Waals surface area contributed by atoms with E-state index >= 15 is 0 Å². The Bertz CT molecular complexity index is 807. The first-order chi connectivity index (χ1) is 12.9. The fraction of sp³-hybridized carbons (Fsp3) is 0.368. The van der Waals surface area contributed by atoms with Crippen LogP contribution in [0.5, 0.6) is 0 Å². The van der Waals surface area contributed by atoms with Gasteiger partial charge in [-0.25, -0.2) is 9.97 Å². The number of hydrogen-bond acceptors (Lipinski definition) is 6. The first kappa shape index (κ1) is 21.2. The molecule has 8 heteroatoms. The normalized spacial score (nSPS) is 10.5. The molecule has 0 spiro atoms. The molecule has 0 bridgehead atoms. The molecule has 2 rings (SSSR count). The van der Waals surface area contributed by atoms with Crippen LogP contribution in [0.1, 0.15) is 28.9 Å². The van der Waals surface area contributed by atoms with E-state index < -0.39 is 5.97 Å². The molecule has 0 atom stereocenters. The predicted molar refractivity (Wildman–Crippen MR) is 106 cm³/mol. The standard InChI is InChI=1S/C19H22ClN3O3S/c1-12-15(13(2)23-19(22-12)27-3)8-9-18(25)26-11-17(24)21-10-14-6-4-5-7-16(14)20/h4-7H,8-11H2,1-3H3,(H,21,24). The molecule has 0 saturated heterocycles. The van der Waals surface area contributed by atoms with Crippen LogP contribution < -0.4 is 5.32 Å². The molecule has 1 aromatic carbocycles. The second-order valence-electron chi connectivity index (χ2n) is 5.89. The predicted octanol–water partition coefficient (Wildman–Crippen LogP) is 3.26. The molecule has 1 amide bonds. The van der Waals surface area contributed by atoms with E-state index in [0.717, 1.165) is 22.5 Å². The van der Waals surface area contributed by atoms with Gasteiger partial charge in [0.2, 0.25) is 0 Å². The summed E-state index contributed by atoms with van der Waals surface area (Å²) in [4.78, 5) is 32.5. The summed E-state index contributed by atoms with van der Waals surface area (Å²) >= 11 is 7.51. The number of benzene rings is 1. The third kappa shape index (κ3) is 6.52. The Kier molecular flexibility index (Phi) is 8.06. The molecule has 0 aliphatic heterocycles. The van der Waals surface area contributed by atoms with E-state index in [1.807, 2.05) is 38.3 Å². The Morgan fingerprint density at radius 2 is 1.85 bits per heavy atom. The zero-order chi connectivity index (χ0) is 19.8. The number of nitrogens with zero attached hydrogens (tertiary/aromatic N) is 2. The summed E-state index contributed by atoms with van der Waals surface area (Å²) in [5.74, 6) is -0.807. The molecule has 0 fully saturated rings. The summed E-state index contributed by atoms with van der Waals surface area (Å²) in [5.41, 5.74) is 3.46.